The predicted octanol–water partition coefficient (Wildman–Crippen LogP) is 3.64. The van der Waals surface area contributed by atoms with Crippen LogP contribution in [-0.4, -0.2) is 29.3 Å². The van der Waals surface area contributed by atoms with Gasteiger partial charge in [-0.1, -0.05) is 50.6 Å². The summed E-state index contributed by atoms with van der Waals surface area (Å²) in [6.07, 6.45) is -4.49. The minimum atomic E-state index is -4.50. The Morgan fingerprint density at radius 2 is 1.83 bits per heavy atom. The summed E-state index contributed by atoms with van der Waals surface area (Å²) < 4.78 is 39.6. The Balaban J connectivity index is 2.73. The van der Waals surface area contributed by atoms with Gasteiger partial charge >= 0.3 is 6.18 Å². The van der Waals surface area contributed by atoms with Gasteiger partial charge in [-0.3, -0.25) is 4.79 Å². The number of rotatable bonds is 7. The summed E-state index contributed by atoms with van der Waals surface area (Å²) in [4.78, 5) is 11.9. The number of halogens is 3. The monoisotopic (exact) mass is 331 g/mol. The molecule has 0 aliphatic carbocycles. The number of amides is 1. The van der Waals surface area contributed by atoms with Gasteiger partial charge in [0.25, 0.3) is 0 Å². The number of carbonyl (C=O) groups excluding carboxylic acids is 1. The topological polar surface area (TPSA) is 49.3 Å². The van der Waals surface area contributed by atoms with Gasteiger partial charge in [0.1, 0.15) is 0 Å². The van der Waals surface area contributed by atoms with Crippen LogP contribution in [0.5, 0.6) is 0 Å². The molecule has 0 saturated carbocycles. The molecule has 0 spiro atoms. The van der Waals surface area contributed by atoms with Crippen LogP contribution < -0.4 is 5.32 Å². The normalized spacial score (nSPS) is 17.2. The van der Waals surface area contributed by atoms with Crippen molar-refractivity contribution in [1.29, 1.82) is 0 Å². The molecule has 1 rings (SSSR count). The van der Waals surface area contributed by atoms with E-state index in [-0.39, 0.29) is 18.0 Å². The number of hydrogen-bond donors (Lipinski definition) is 2. The summed E-state index contributed by atoms with van der Waals surface area (Å²) >= 11 is 0. The first-order chi connectivity index (χ1) is 10.6. The second-order valence-corrected chi connectivity index (χ2v) is 6.15. The van der Waals surface area contributed by atoms with Crippen molar-refractivity contribution >= 4 is 5.91 Å². The van der Waals surface area contributed by atoms with E-state index in [1.807, 2.05) is 13.8 Å². The average Bonchev–Trinajstić information content (AvgIpc) is 2.49. The molecule has 0 aliphatic heterocycles. The maximum atomic E-state index is 13.2. The summed E-state index contributed by atoms with van der Waals surface area (Å²) in [6, 6.07) is 7.38. The summed E-state index contributed by atoms with van der Waals surface area (Å²) in [6.45, 7) is 5.23. The lowest BCUT2D eigenvalue weighted by atomic mass is 9.88. The number of hydrogen-bond acceptors (Lipinski definition) is 2. The molecule has 3 atom stereocenters. The van der Waals surface area contributed by atoms with E-state index < -0.39 is 30.0 Å². The fraction of sp³-hybridized carbons (Fsp3) is 0.588. The number of nitrogens with one attached hydrogen (secondary N) is 1. The molecular weight excluding hydrogens is 307 g/mol. The second-order valence-electron chi connectivity index (χ2n) is 6.15. The molecule has 0 aromatic heterocycles. The third-order valence-electron chi connectivity index (χ3n) is 4.30. The lowest BCUT2D eigenvalue weighted by molar-refractivity contribution is -0.157. The zero-order valence-corrected chi connectivity index (χ0v) is 13.7. The van der Waals surface area contributed by atoms with Crippen LogP contribution in [0.1, 0.15) is 45.1 Å². The molecule has 3 nitrogen and oxygen atoms in total. The first-order valence-corrected chi connectivity index (χ1v) is 7.68. The molecule has 1 aromatic carbocycles. The minimum absolute atomic E-state index is 0.0591. The standard InChI is InChI=1S/C17H24F3NO2/c1-4-12(2)16(3,23)11-21-15(22)10-14(17(18,19)20)13-8-6-5-7-9-13/h5-9,12,14,23H,4,10-11H2,1-3H3,(H,21,22). The van der Waals surface area contributed by atoms with Gasteiger partial charge in [-0.15, -0.1) is 0 Å². The van der Waals surface area contributed by atoms with Crippen molar-refractivity contribution in [2.24, 2.45) is 5.92 Å². The van der Waals surface area contributed by atoms with Gasteiger partial charge in [0, 0.05) is 13.0 Å². The highest BCUT2D eigenvalue weighted by Crippen LogP contribution is 2.37. The number of aliphatic hydroxyl groups is 1. The van der Waals surface area contributed by atoms with Crippen LogP contribution in [-0.2, 0) is 4.79 Å². The molecule has 0 bridgehead atoms. The van der Waals surface area contributed by atoms with Crippen molar-refractivity contribution in [1.82, 2.24) is 5.32 Å². The van der Waals surface area contributed by atoms with Crippen LogP contribution in [0, 0.1) is 5.92 Å². The van der Waals surface area contributed by atoms with E-state index in [0.717, 1.165) is 0 Å². The zero-order chi connectivity index (χ0) is 17.7. The van der Waals surface area contributed by atoms with Crippen LogP contribution in [0.2, 0.25) is 0 Å². The number of carbonyl (C=O) groups is 1. The Morgan fingerprint density at radius 3 is 2.30 bits per heavy atom. The third kappa shape index (κ3) is 5.86. The fourth-order valence-corrected chi connectivity index (χ4v) is 2.26. The highest BCUT2D eigenvalue weighted by molar-refractivity contribution is 5.77. The fourth-order valence-electron chi connectivity index (χ4n) is 2.26. The van der Waals surface area contributed by atoms with Crippen LogP contribution in [0.15, 0.2) is 30.3 Å². The molecule has 2 N–H and O–H groups in total. The largest absolute Gasteiger partial charge is 0.396 e. The van der Waals surface area contributed by atoms with E-state index in [2.05, 4.69) is 5.32 Å². The smallest absolute Gasteiger partial charge is 0.388 e. The average molecular weight is 331 g/mol. The van der Waals surface area contributed by atoms with Gasteiger partial charge in [0.05, 0.1) is 11.5 Å². The zero-order valence-electron chi connectivity index (χ0n) is 13.7. The van der Waals surface area contributed by atoms with E-state index >= 15 is 0 Å². The van der Waals surface area contributed by atoms with Crippen LogP contribution in [0.4, 0.5) is 13.2 Å². The van der Waals surface area contributed by atoms with Crippen molar-refractivity contribution in [3.63, 3.8) is 0 Å². The Hall–Kier alpha value is -1.56. The number of alkyl halides is 3. The molecule has 0 aliphatic rings. The van der Waals surface area contributed by atoms with Gasteiger partial charge < -0.3 is 10.4 Å². The van der Waals surface area contributed by atoms with Gasteiger partial charge in [-0.2, -0.15) is 13.2 Å². The molecule has 0 heterocycles. The molecule has 3 unspecified atom stereocenters. The third-order valence-corrected chi connectivity index (χ3v) is 4.30. The first kappa shape index (κ1) is 19.5. The summed E-state index contributed by atoms with van der Waals surface area (Å²) in [7, 11) is 0. The van der Waals surface area contributed by atoms with E-state index in [0.29, 0.717) is 6.42 Å². The predicted molar refractivity (Wildman–Crippen MR) is 82.9 cm³/mol. The van der Waals surface area contributed by atoms with Crippen LogP contribution in [0.25, 0.3) is 0 Å². The molecule has 6 heteroatoms. The molecule has 0 fully saturated rings. The quantitative estimate of drug-likeness (QED) is 0.801. The lowest BCUT2D eigenvalue weighted by Crippen LogP contribution is -2.45. The minimum Gasteiger partial charge on any atom is -0.388 e. The van der Waals surface area contributed by atoms with Crippen LogP contribution in [0.3, 0.4) is 0 Å². The van der Waals surface area contributed by atoms with Crippen molar-refractivity contribution in [3.05, 3.63) is 35.9 Å². The molecule has 23 heavy (non-hydrogen) atoms. The Labute approximate surface area is 134 Å². The molecule has 0 saturated heterocycles. The molecular formula is C17H24F3NO2. The van der Waals surface area contributed by atoms with Crippen molar-refractivity contribution in [2.45, 2.75) is 51.3 Å². The van der Waals surface area contributed by atoms with E-state index in [1.165, 1.54) is 24.3 Å². The van der Waals surface area contributed by atoms with Crippen molar-refractivity contribution < 1.29 is 23.1 Å². The van der Waals surface area contributed by atoms with Crippen molar-refractivity contribution in [3.8, 4) is 0 Å². The summed E-state index contributed by atoms with van der Waals surface area (Å²) in [5, 5.41) is 12.6. The Kier molecular flexibility index (Phi) is 6.62. The van der Waals surface area contributed by atoms with Gasteiger partial charge in [0.15, 0.2) is 0 Å². The van der Waals surface area contributed by atoms with Gasteiger partial charge in [-0.25, -0.2) is 0 Å². The maximum absolute atomic E-state index is 13.2. The van der Waals surface area contributed by atoms with Crippen LogP contribution >= 0.6 is 0 Å². The first-order valence-electron chi connectivity index (χ1n) is 7.68. The summed E-state index contributed by atoms with van der Waals surface area (Å²) in [5.74, 6) is -2.65. The highest BCUT2D eigenvalue weighted by atomic mass is 19.4. The van der Waals surface area contributed by atoms with Crippen molar-refractivity contribution in [2.75, 3.05) is 6.54 Å². The molecule has 130 valence electrons. The van der Waals surface area contributed by atoms with Gasteiger partial charge in [-0.05, 0) is 18.4 Å². The second kappa shape index (κ2) is 7.81. The van der Waals surface area contributed by atoms with Gasteiger partial charge in [0.2, 0.25) is 5.91 Å². The highest BCUT2D eigenvalue weighted by Gasteiger charge is 2.42. The van der Waals surface area contributed by atoms with E-state index in [4.69, 9.17) is 0 Å². The lowest BCUT2D eigenvalue weighted by Gasteiger charge is -2.30. The molecule has 0 radical (unpaired) electrons. The molecule has 1 aromatic rings. The SMILES string of the molecule is CCC(C)C(C)(O)CNC(=O)CC(c1ccccc1)C(F)(F)F. The Morgan fingerprint density at radius 1 is 1.26 bits per heavy atom. The Bertz CT molecular complexity index is 500. The van der Waals surface area contributed by atoms with E-state index in [1.54, 1.807) is 13.0 Å². The molecule has 1 amide bonds. The van der Waals surface area contributed by atoms with E-state index in [9.17, 15) is 23.1 Å². The summed E-state index contributed by atoms with van der Waals surface area (Å²) in [5.41, 5.74) is -1.09. The maximum Gasteiger partial charge on any atom is 0.396 e. The number of benzene rings is 1.